The van der Waals surface area contributed by atoms with Gasteiger partial charge in [-0.2, -0.15) is 5.10 Å². The number of nitro benzene ring substituents is 1. The number of H-pyrrole nitrogens is 1. The summed E-state index contributed by atoms with van der Waals surface area (Å²) in [7, 11) is 3.02. The van der Waals surface area contributed by atoms with Crippen LogP contribution in [-0.4, -0.2) is 40.1 Å². The number of rotatable bonds is 5. The van der Waals surface area contributed by atoms with Crippen LogP contribution in [0.1, 0.15) is 15.9 Å². The van der Waals surface area contributed by atoms with Crippen LogP contribution in [0.4, 0.5) is 5.69 Å². The number of carbonyl (C=O) groups excluding carboxylic acids is 1. The monoisotopic (exact) mass is 290 g/mol. The molecule has 1 N–H and O–H groups in total. The molecule has 0 aliphatic rings. The van der Waals surface area contributed by atoms with Gasteiger partial charge in [-0.1, -0.05) is 0 Å². The number of amides is 1. The fourth-order valence-electron chi connectivity index (χ4n) is 1.89. The average molecular weight is 290 g/mol. The number of aromatic nitrogens is 2. The molecule has 8 nitrogen and oxygen atoms in total. The summed E-state index contributed by atoms with van der Waals surface area (Å²) in [6, 6.07) is 3.93. The molecule has 8 heteroatoms. The number of ether oxygens (including phenoxy) is 1. The van der Waals surface area contributed by atoms with E-state index >= 15 is 0 Å². The summed E-state index contributed by atoms with van der Waals surface area (Å²) in [6.45, 7) is 0.335. The summed E-state index contributed by atoms with van der Waals surface area (Å²) < 4.78 is 5.10. The number of nitrogens with one attached hydrogen (secondary N) is 1. The summed E-state index contributed by atoms with van der Waals surface area (Å²) in [5.74, 6) is -0.0682. The van der Waals surface area contributed by atoms with E-state index in [4.69, 9.17) is 4.74 Å². The predicted molar refractivity (Wildman–Crippen MR) is 74.0 cm³/mol. The lowest BCUT2D eigenvalue weighted by atomic mass is 10.1. The van der Waals surface area contributed by atoms with Crippen LogP contribution in [0.3, 0.4) is 0 Å². The second-order valence-corrected chi connectivity index (χ2v) is 4.41. The third-order valence-corrected chi connectivity index (χ3v) is 2.95. The number of hydrogen-bond donors (Lipinski definition) is 1. The number of hydrogen-bond acceptors (Lipinski definition) is 5. The second-order valence-electron chi connectivity index (χ2n) is 4.41. The molecule has 1 amide bonds. The van der Waals surface area contributed by atoms with Gasteiger partial charge in [-0.15, -0.1) is 0 Å². The highest BCUT2D eigenvalue weighted by atomic mass is 16.6. The fourth-order valence-corrected chi connectivity index (χ4v) is 1.89. The first-order valence-electron chi connectivity index (χ1n) is 6.08. The van der Waals surface area contributed by atoms with Gasteiger partial charge in [0.15, 0.2) is 0 Å². The molecule has 1 heterocycles. The SMILES string of the molecule is COc1ccc([N+](=O)[O-])cc1C(=O)N(C)Cc1cn[nH]c1. The van der Waals surface area contributed by atoms with Gasteiger partial charge in [0.05, 0.1) is 23.8 Å². The van der Waals surface area contributed by atoms with E-state index in [-0.39, 0.29) is 17.2 Å². The smallest absolute Gasteiger partial charge is 0.270 e. The molecular weight excluding hydrogens is 276 g/mol. The zero-order chi connectivity index (χ0) is 15.4. The number of non-ortho nitro benzene ring substituents is 1. The lowest BCUT2D eigenvalue weighted by Crippen LogP contribution is -2.26. The Labute approximate surface area is 120 Å². The topological polar surface area (TPSA) is 101 Å². The normalized spacial score (nSPS) is 10.2. The van der Waals surface area contributed by atoms with Gasteiger partial charge < -0.3 is 9.64 Å². The predicted octanol–water partition coefficient (Wildman–Crippen LogP) is 1.60. The first kappa shape index (κ1) is 14.5. The van der Waals surface area contributed by atoms with E-state index in [0.717, 1.165) is 5.56 Å². The molecule has 0 saturated heterocycles. The van der Waals surface area contributed by atoms with Crippen LogP contribution < -0.4 is 4.74 Å². The Balaban J connectivity index is 2.28. The number of methoxy groups -OCH3 is 1. The molecule has 0 atom stereocenters. The maximum absolute atomic E-state index is 12.4. The minimum Gasteiger partial charge on any atom is -0.496 e. The van der Waals surface area contributed by atoms with Gasteiger partial charge >= 0.3 is 0 Å². The number of benzene rings is 1. The molecule has 1 aromatic heterocycles. The van der Waals surface area contributed by atoms with E-state index in [1.54, 1.807) is 19.4 Å². The molecule has 0 fully saturated rings. The number of aromatic amines is 1. The number of nitro groups is 1. The third-order valence-electron chi connectivity index (χ3n) is 2.95. The quantitative estimate of drug-likeness (QED) is 0.665. The molecule has 0 aliphatic heterocycles. The van der Waals surface area contributed by atoms with Crippen LogP contribution in [-0.2, 0) is 6.54 Å². The first-order valence-corrected chi connectivity index (χ1v) is 6.08. The van der Waals surface area contributed by atoms with Crippen LogP contribution in [0.5, 0.6) is 5.75 Å². The minimum atomic E-state index is -0.549. The van der Waals surface area contributed by atoms with Crippen LogP contribution >= 0.6 is 0 Å². The van der Waals surface area contributed by atoms with E-state index < -0.39 is 4.92 Å². The van der Waals surface area contributed by atoms with Crippen molar-refractivity contribution >= 4 is 11.6 Å². The van der Waals surface area contributed by atoms with Crippen LogP contribution in [0.15, 0.2) is 30.6 Å². The molecule has 0 aliphatic carbocycles. The number of carbonyl (C=O) groups is 1. The molecule has 0 spiro atoms. The Bertz CT molecular complexity index is 654. The van der Waals surface area contributed by atoms with Gasteiger partial charge in [-0.25, -0.2) is 0 Å². The Morgan fingerprint density at radius 3 is 2.86 bits per heavy atom. The van der Waals surface area contributed by atoms with Gasteiger partial charge in [0.2, 0.25) is 0 Å². The van der Waals surface area contributed by atoms with Crippen molar-refractivity contribution in [1.29, 1.82) is 0 Å². The fraction of sp³-hybridized carbons (Fsp3) is 0.231. The molecule has 1 aromatic carbocycles. The summed E-state index contributed by atoms with van der Waals surface area (Å²) >= 11 is 0. The summed E-state index contributed by atoms with van der Waals surface area (Å²) in [4.78, 5) is 24.1. The van der Waals surface area contributed by atoms with Gasteiger partial charge in [0.1, 0.15) is 5.75 Å². The highest BCUT2D eigenvalue weighted by molar-refractivity contribution is 5.97. The van der Waals surface area contributed by atoms with Crippen molar-refractivity contribution in [3.8, 4) is 5.75 Å². The van der Waals surface area contributed by atoms with Crippen LogP contribution in [0.25, 0.3) is 0 Å². The van der Waals surface area contributed by atoms with Crippen molar-refractivity contribution in [2.24, 2.45) is 0 Å². The average Bonchev–Trinajstić information content (AvgIpc) is 2.98. The van der Waals surface area contributed by atoms with Gasteiger partial charge in [-0.3, -0.25) is 20.0 Å². The van der Waals surface area contributed by atoms with Crippen molar-refractivity contribution in [2.75, 3.05) is 14.2 Å². The van der Waals surface area contributed by atoms with Crippen molar-refractivity contribution in [1.82, 2.24) is 15.1 Å². The molecule has 110 valence electrons. The lowest BCUT2D eigenvalue weighted by Gasteiger charge is -2.17. The summed E-state index contributed by atoms with van der Waals surface area (Å²) in [6.07, 6.45) is 3.28. The van der Waals surface area contributed by atoms with Crippen molar-refractivity contribution in [2.45, 2.75) is 6.54 Å². The van der Waals surface area contributed by atoms with Gasteiger partial charge in [0.25, 0.3) is 11.6 Å². The maximum Gasteiger partial charge on any atom is 0.270 e. The standard InChI is InChI=1S/C13H14N4O4/c1-16(8-9-6-14-15-7-9)13(18)11-5-10(17(19)20)3-4-12(11)21-2/h3-7H,8H2,1-2H3,(H,14,15). The Hall–Kier alpha value is -2.90. The van der Waals surface area contributed by atoms with E-state index in [1.165, 1.54) is 30.2 Å². The van der Waals surface area contributed by atoms with Crippen LogP contribution in [0.2, 0.25) is 0 Å². The van der Waals surface area contributed by atoms with E-state index in [0.29, 0.717) is 12.3 Å². The lowest BCUT2D eigenvalue weighted by molar-refractivity contribution is -0.384. The second kappa shape index (κ2) is 6.04. The van der Waals surface area contributed by atoms with Crippen molar-refractivity contribution < 1.29 is 14.5 Å². The molecule has 2 rings (SSSR count). The van der Waals surface area contributed by atoms with Crippen LogP contribution in [0, 0.1) is 10.1 Å². The largest absolute Gasteiger partial charge is 0.496 e. The zero-order valence-corrected chi connectivity index (χ0v) is 11.6. The van der Waals surface area contributed by atoms with E-state index in [2.05, 4.69) is 10.2 Å². The molecule has 21 heavy (non-hydrogen) atoms. The molecule has 0 radical (unpaired) electrons. The maximum atomic E-state index is 12.4. The molecule has 2 aromatic rings. The molecule has 0 unspecified atom stereocenters. The Morgan fingerprint density at radius 1 is 1.52 bits per heavy atom. The third kappa shape index (κ3) is 3.16. The molecule has 0 saturated carbocycles. The van der Waals surface area contributed by atoms with Crippen molar-refractivity contribution in [3.63, 3.8) is 0 Å². The minimum absolute atomic E-state index is 0.151. The summed E-state index contributed by atoms with van der Waals surface area (Å²) in [5, 5.41) is 17.3. The van der Waals surface area contributed by atoms with Gasteiger partial charge in [0, 0.05) is 37.5 Å². The first-order chi connectivity index (χ1) is 10.0. The Morgan fingerprint density at radius 2 is 2.29 bits per heavy atom. The molecule has 0 bridgehead atoms. The van der Waals surface area contributed by atoms with Crippen molar-refractivity contribution in [3.05, 3.63) is 51.8 Å². The molecular formula is C13H14N4O4. The zero-order valence-electron chi connectivity index (χ0n) is 11.6. The highest BCUT2D eigenvalue weighted by Crippen LogP contribution is 2.25. The van der Waals surface area contributed by atoms with E-state index in [9.17, 15) is 14.9 Å². The highest BCUT2D eigenvalue weighted by Gasteiger charge is 2.20. The van der Waals surface area contributed by atoms with Gasteiger partial charge in [-0.05, 0) is 6.07 Å². The summed E-state index contributed by atoms with van der Waals surface area (Å²) in [5.41, 5.74) is 0.823. The number of nitrogens with zero attached hydrogens (tertiary/aromatic N) is 3. The Kier molecular flexibility index (Phi) is 4.17. The van der Waals surface area contributed by atoms with E-state index in [1.807, 2.05) is 0 Å².